The number of hydrogen-bond donors (Lipinski definition) is 1. The Balaban J connectivity index is 3.64. The summed E-state index contributed by atoms with van der Waals surface area (Å²) in [5.74, 6) is 0. The molecule has 4 nitrogen and oxygen atoms in total. The molecule has 4 heteroatoms. The van der Waals surface area contributed by atoms with E-state index >= 15 is 0 Å². The van der Waals surface area contributed by atoms with Crippen LogP contribution in [0, 0.1) is 22.7 Å². The molecule has 0 unspecified atom stereocenters. The average molecular weight is 208 g/mol. The lowest BCUT2D eigenvalue weighted by Crippen LogP contribution is -2.38. The van der Waals surface area contributed by atoms with Gasteiger partial charge in [-0.15, -0.1) is 0 Å². The first-order chi connectivity index (χ1) is 6.99. The second-order valence-corrected chi connectivity index (χ2v) is 4.56. The van der Waals surface area contributed by atoms with Gasteiger partial charge >= 0.3 is 0 Å². The molecule has 0 rings (SSSR count). The minimum Gasteiger partial charge on any atom is -0.312 e. The molecule has 0 fully saturated rings. The summed E-state index contributed by atoms with van der Waals surface area (Å²) in [5, 5.41) is 20.4. The Morgan fingerprint density at radius 1 is 1.13 bits per heavy atom. The highest BCUT2D eigenvalue weighted by Gasteiger charge is 2.08. The lowest BCUT2D eigenvalue weighted by atomic mass is 10.1. The zero-order chi connectivity index (χ0) is 11.7. The van der Waals surface area contributed by atoms with Crippen LogP contribution >= 0.6 is 0 Å². The summed E-state index contributed by atoms with van der Waals surface area (Å²) >= 11 is 0. The van der Waals surface area contributed by atoms with Crippen molar-refractivity contribution in [1.82, 2.24) is 10.2 Å². The van der Waals surface area contributed by atoms with E-state index in [1.165, 1.54) is 0 Å². The fourth-order valence-electron chi connectivity index (χ4n) is 1.18. The van der Waals surface area contributed by atoms with E-state index in [4.69, 9.17) is 10.5 Å². The lowest BCUT2D eigenvalue weighted by molar-refractivity contribution is 0.322. The summed E-state index contributed by atoms with van der Waals surface area (Å²) < 4.78 is 0. The number of nitriles is 2. The molecular formula is C11H20N4. The minimum absolute atomic E-state index is 0.134. The Morgan fingerprint density at radius 2 is 1.67 bits per heavy atom. The summed E-state index contributed by atoms with van der Waals surface area (Å²) in [5.41, 5.74) is 0.134. The monoisotopic (exact) mass is 208 g/mol. The number of hydrogen-bond acceptors (Lipinski definition) is 4. The molecule has 0 spiro atoms. The van der Waals surface area contributed by atoms with E-state index in [-0.39, 0.29) is 5.54 Å². The molecule has 1 N–H and O–H groups in total. The third kappa shape index (κ3) is 9.21. The Labute approximate surface area is 92.5 Å². The zero-order valence-electron chi connectivity index (χ0n) is 9.88. The van der Waals surface area contributed by atoms with Crippen molar-refractivity contribution in [3.8, 4) is 12.1 Å². The first kappa shape index (κ1) is 13.9. The number of nitrogens with zero attached hydrogens (tertiary/aromatic N) is 3. The maximum atomic E-state index is 8.53. The van der Waals surface area contributed by atoms with Gasteiger partial charge in [0.1, 0.15) is 0 Å². The molecule has 0 atom stereocenters. The molecule has 0 radical (unpaired) electrons. The average Bonchev–Trinajstić information content (AvgIpc) is 2.11. The molecule has 0 bridgehead atoms. The molecule has 84 valence electrons. The minimum atomic E-state index is 0.134. The van der Waals surface area contributed by atoms with E-state index in [0.717, 1.165) is 19.5 Å². The fourth-order valence-corrected chi connectivity index (χ4v) is 1.18. The molecule has 0 saturated heterocycles. The maximum absolute atomic E-state index is 8.53. The molecule has 0 aliphatic heterocycles. The maximum Gasteiger partial charge on any atom is 0.0874 e. The van der Waals surface area contributed by atoms with Crippen molar-refractivity contribution in [2.24, 2.45) is 0 Å². The third-order valence-electron chi connectivity index (χ3n) is 1.90. The Morgan fingerprint density at radius 3 is 2.07 bits per heavy atom. The molecule has 0 aromatic rings. The summed E-state index contributed by atoms with van der Waals surface area (Å²) in [6, 6.07) is 4.13. The molecule has 0 heterocycles. The standard InChI is InChI=1S/C11H20N4/c1-11(2,3)14-7-4-8-15(9-5-12)10-6-13/h14H,4,7-10H2,1-3H3. The first-order valence-corrected chi connectivity index (χ1v) is 5.21. The van der Waals surface area contributed by atoms with E-state index in [9.17, 15) is 0 Å². The predicted molar refractivity (Wildman–Crippen MR) is 60.0 cm³/mol. The highest BCUT2D eigenvalue weighted by atomic mass is 15.1. The van der Waals surface area contributed by atoms with Crippen LogP contribution in [0.4, 0.5) is 0 Å². The van der Waals surface area contributed by atoms with Crippen molar-refractivity contribution in [3.05, 3.63) is 0 Å². The fraction of sp³-hybridized carbons (Fsp3) is 0.818. The van der Waals surface area contributed by atoms with Gasteiger partial charge in [-0.3, -0.25) is 4.90 Å². The number of rotatable bonds is 6. The van der Waals surface area contributed by atoms with Crippen molar-refractivity contribution in [2.75, 3.05) is 26.2 Å². The van der Waals surface area contributed by atoms with Gasteiger partial charge in [0.2, 0.25) is 0 Å². The molecule has 0 aliphatic carbocycles. The Bertz CT molecular complexity index is 225. The van der Waals surface area contributed by atoms with Gasteiger partial charge in [-0.25, -0.2) is 0 Å². The normalized spacial score (nSPS) is 11.1. The summed E-state index contributed by atoms with van der Waals surface area (Å²) in [6.07, 6.45) is 0.959. The summed E-state index contributed by atoms with van der Waals surface area (Å²) in [4.78, 5) is 1.85. The van der Waals surface area contributed by atoms with Crippen molar-refractivity contribution in [1.29, 1.82) is 10.5 Å². The SMILES string of the molecule is CC(C)(C)NCCCN(CC#N)CC#N. The van der Waals surface area contributed by atoms with E-state index in [0.29, 0.717) is 13.1 Å². The lowest BCUT2D eigenvalue weighted by Gasteiger charge is -2.21. The van der Waals surface area contributed by atoms with Crippen LogP contribution in [0.2, 0.25) is 0 Å². The van der Waals surface area contributed by atoms with E-state index in [1.54, 1.807) is 0 Å². The summed E-state index contributed by atoms with van der Waals surface area (Å²) in [7, 11) is 0. The van der Waals surface area contributed by atoms with Gasteiger partial charge in [0, 0.05) is 12.1 Å². The van der Waals surface area contributed by atoms with Gasteiger partial charge in [0.05, 0.1) is 25.2 Å². The van der Waals surface area contributed by atoms with Gasteiger partial charge < -0.3 is 5.32 Å². The highest BCUT2D eigenvalue weighted by molar-refractivity contribution is 4.83. The van der Waals surface area contributed by atoms with Crippen molar-refractivity contribution in [2.45, 2.75) is 32.7 Å². The van der Waals surface area contributed by atoms with Crippen LogP contribution in [-0.2, 0) is 0 Å². The van der Waals surface area contributed by atoms with Crippen LogP contribution in [0.15, 0.2) is 0 Å². The number of nitrogens with one attached hydrogen (secondary N) is 1. The molecule has 0 saturated carbocycles. The van der Waals surface area contributed by atoms with Crippen molar-refractivity contribution >= 4 is 0 Å². The van der Waals surface area contributed by atoms with E-state index in [1.807, 2.05) is 4.90 Å². The first-order valence-electron chi connectivity index (χ1n) is 5.21. The second-order valence-electron chi connectivity index (χ2n) is 4.56. The molecule has 0 aliphatic rings. The molecular weight excluding hydrogens is 188 g/mol. The van der Waals surface area contributed by atoms with Gasteiger partial charge in [0.25, 0.3) is 0 Å². The van der Waals surface area contributed by atoms with Gasteiger partial charge in [-0.05, 0) is 33.7 Å². The molecule has 0 aromatic carbocycles. The smallest absolute Gasteiger partial charge is 0.0874 e. The van der Waals surface area contributed by atoms with Crippen LogP contribution in [0.3, 0.4) is 0 Å². The van der Waals surface area contributed by atoms with Gasteiger partial charge in [-0.1, -0.05) is 0 Å². The quantitative estimate of drug-likeness (QED) is 0.524. The van der Waals surface area contributed by atoms with Crippen LogP contribution in [0.1, 0.15) is 27.2 Å². The zero-order valence-corrected chi connectivity index (χ0v) is 9.88. The van der Waals surface area contributed by atoms with E-state index < -0.39 is 0 Å². The van der Waals surface area contributed by atoms with Crippen molar-refractivity contribution < 1.29 is 0 Å². The molecule has 0 aromatic heterocycles. The predicted octanol–water partition coefficient (Wildman–Crippen LogP) is 1.11. The van der Waals surface area contributed by atoms with E-state index in [2.05, 4.69) is 38.2 Å². The largest absolute Gasteiger partial charge is 0.312 e. The van der Waals surface area contributed by atoms with Crippen molar-refractivity contribution in [3.63, 3.8) is 0 Å². The molecule has 0 amide bonds. The van der Waals surface area contributed by atoms with Gasteiger partial charge in [-0.2, -0.15) is 10.5 Å². The van der Waals surface area contributed by atoms with Crippen LogP contribution in [-0.4, -0.2) is 36.6 Å². The second kappa shape index (κ2) is 7.23. The summed E-state index contributed by atoms with van der Waals surface area (Å²) in [6.45, 7) is 8.74. The van der Waals surface area contributed by atoms with Crippen LogP contribution in [0.25, 0.3) is 0 Å². The molecule has 15 heavy (non-hydrogen) atoms. The Kier molecular flexibility index (Phi) is 6.70. The topological polar surface area (TPSA) is 62.9 Å². The van der Waals surface area contributed by atoms with Crippen LogP contribution in [0.5, 0.6) is 0 Å². The highest BCUT2D eigenvalue weighted by Crippen LogP contribution is 1.98. The van der Waals surface area contributed by atoms with Crippen LogP contribution < -0.4 is 5.32 Å². The Hall–Kier alpha value is -1.10. The third-order valence-corrected chi connectivity index (χ3v) is 1.90. The van der Waals surface area contributed by atoms with Gasteiger partial charge in [0.15, 0.2) is 0 Å².